The van der Waals surface area contributed by atoms with Crippen molar-refractivity contribution in [3.8, 4) is 11.5 Å². The van der Waals surface area contributed by atoms with Crippen molar-refractivity contribution in [1.29, 1.82) is 0 Å². The SMILES string of the molecule is COc1ccc(OCC(=O)N[C@H]2CCCc3ccccc32)cc1. The summed E-state index contributed by atoms with van der Waals surface area (Å²) in [6.07, 6.45) is 3.16. The molecular weight excluding hydrogens is 290 g/mol. The lowest BCUT2D eigenvalue weighted by Gasteiger charge is -2.26. The first kappa shape index (κ1) is 15.4. The zero-order chi connectivity index (χ0) is 16.1. The molecule has 2 aromatic rings. The monoisotopic (exact) mass is 311 g/mol. The molecule has 0 aromatic heterocycles. The van der Waals surface area contributed by atoms with Crippen LogP contribution in [0.1, 0.15) is 30.0 Å². The topological polar surface area (TPSA) is 47.6 Å². The van der Waals surface area contributed by atoms with Crippen LogP contribution >= 0.6 is 0 Å². The second kappa shape index (κ2) is 7.18. The van der Waals surface area contributed by atoms with Gasteiger partial charge in [0.15, 0.2) is 6.61 Å². The molecule has 0 fully saturated rings. The van der Waals surface area contributed by atoms with Crippen molar-refractivity contribution in [1.82, 2.24) is 5.32 Å². The number of hydrogen-bond acceptors (Lipinski definition) is 3. The highest BCUT2D eigenvalue weighted by molar-refractivity contribution is 5.78. The van der Waals surface area contributed by atoms with Crippen LogP contribution in [0.5, 0.6) is 11.5 Å². The van der Waals surface area contributed by atoms with E-state index in [0.29, 0.717) is 5.75 Å². The predicted molar refractivity (Wildman–Crippen MR) is 88.8 cm³/mol. The number of ether oxygens (including phenoxy) is 2. The van der Waals surface area contributed by atoms with Crippen LogP contribution in [0.4, 0.5) is 0 Å². The number of rotatable bonds is 5. The van der Waals surface area contributed by atoms with Gasteiger partial charge in [0.25, 0.3) is 5.91 Å². The van der Waals surface area contributed by atoms with Crippen LogP contribution in [0.3, 0.4) is 0 Å². The van der Waals surface area contributed by atoms with E-state index in [9.17, 15) is 4.79 Å². The zero-order valence-corrected chi connectivity index (χ0v) is 13.2. The van der Waals surface area contributed by atoms with Gasteiger partial charge in [-0.3, -0.25) is 4.79 Å². The molecule has 0 aliphatic heterocycles. The van der Waals surface area contributed by atoms with Crippen LogP contribution in [0.2, 0.25) is 0 Å². The molecule has 4 nitrogen and oxygen atoms in total. The summed E-state index contributed by atoms with van der Waals surface area (Å²) in [7, 11) is 1.62. The smallest absolute Gasteiger partial charge is 0.258 e. The number of hydrogen-bond donors (Lipinski definition) is 1. The highest BCUT2D eigenvalue weighted by atomic mass is 16.5. The first-order chi connectivity index (χ1) is 11.3. The molecule has 4 heteroatoms. The Morgan fingerprint density at radius 3 is 2.65 bits per heavy atom. The lowest BCUT2D eigenvalue weighted by Crippen LogP contribution is -2.34. The minimum Gasteiger partial charge on any atom is -0.497 e. The Morgan fingerprint density at radius 2 is 1.87 bits per heavy atom. The van der Waals surface area contributed by atoms with Crippen molar-refractivity contribution >= 4 is 5.91 Å². The third-order valence-corrected chi connectivity index (χ3v) is 4.13. The average Bonchev–Trinajstić information content (AvgIpc) is 2.61. The number of aryl methyl sites for hydroxylation is 1. The molecular formula is C19H21NO3. The van der Waals surface area contributed by atoms with Crippen molar-refractivity contribution < 1.29 is 14.3 Å². The lowest BCUT2D eigenvalue weighted by molar-refractivity contribution is -0.123. The van der Waals surface area contributed by atoms with E-state index >= 15 is 0 Å². The Balaban J connectivity index is 1.55. The summed E-state index contributed by atoms with van der Waals surface area (Å²) in [5.41, 5.74) is 2.57. The molecule has 0 radical (unpaired) electrons. The second-order valence-corrected chi connectivity index (χ2v) is 5.68. The summed E-state index contributed by atoms with van der Waals surface area (Å²) < 4.78 is 10.6. The Kier molecular flexibility index (Phi) is 4.81. The highest BCUT2D eigenvalue weighted by Crippen LogP contribution is 2.29. The van der Waals surface area contributed by atoms with Crippen LogP contribution < -0.4 is 14.8 Å². The number of nitrogens with one attached hydrogen (secondary N) is 1. The maximum atomic E-state index is 12.2. The van der Waals surface area contributed by atoms with Crippen molar-refractivity contribution in [3.05, 3.63) is 59.7 Å². The fraction of sp³-hybridized carbons (Fsp3) is 0.316. The maximum Gasteiger partial charge on any atom is 0.258 e. The quantitative estimate of drug-likeness (QED) is 0.922. The number of methoxy groups -OCH3 is 1. The normalized spacial score (nSPS) is 16.3. The van der Waals surface area contributed by atoms with Crippen LogP contribution in [0.15, 0.2) is 48.5 Å². The third kappa shape index (κ3) is 3.83. The van der Waals surface area contributed by atoms with Gasteiger partial charge in [-0.1, -0.05) is 24.3 Å². The first-order valence-electron chi connectivity index (χ1n) is 7.90. The Bertz CT molecular complexity index is 667. The summed E-state index contributed by atoms with van der Waals surface area (Å²) in [6, 6.07) is 15.6. The van der Waals surface area contributed by atoms with E-state index < -0.39 is 0 Å². The molecule has 1 amide bonds. The molecule has 1 N–H and O–H groups in total. The predicted octanol–water partition coefficient (Wildman–Crippen LogP) is 3.27. The van der Waals surface area contributed by atoms with E-state index in [-0.39, 0.29) is 18.6 Å². The number of benzene rings is 2. The molecule has 2 aromatic carbocycles. The lowest BCUT2D eigenvalue weighted by atomic mass is 9.88. The largest absolute Gasteiger partial charge is 0.497 e. The van der Waals surface area contributed by atoms with E-state index in [2.05, 4.69) is 23.5 Å². The van der Waals surface area contributed by atoms with Gasteiger partial charge in [0.2, 0.25) is 0 Å². The molecule has 1 aliphatic rings. The Labute approximate surface area is 136 Å². The van der Waals surface area contributed by atoms with E-state index in [0.717, 1.165) is 25.0 Å². The van der Waals surface area contributed by atoms with Crippen LogP contribution in [-0.2, 0) is 11.2 Å². The van der Waals surface area contributed by atoms with E-state index in [1.54, 1.807) is 19.2 Å². The van der Waals surface area contributed by atoms with Gasteiger partial charge in [0.05, 0.1) is 13.2 Å². The molecule has 1 atom stereocenters. The molecule has 120 valence electrons. The van der Waals surface area contributed by atoms with Gasteiger partial charge in [-0.15, -0.1) is 0 Å². The van der Waals surface area contributed by atoms with Gasteiger partial charge in [-0.2, -0.15) is 0 Å². The standard InChI is InChI=1S/C19H21NO3/c1-22-15-9-11-16(12-10-15)23-13-19(21)20-18-8-4-6-14-5-2-3-7-17(14)18/h2-3,5,7,9-12,18H,4,6,8,13H2,1H3,(H,20,21)/t18-/m0/s1. The summed E-state index contributed by atoms with van der Waals surface area (Å²) in [5.74, 6) is 1.33. The van der Waals surface area contributed by atoms with Crippen molar-refractivity contribution in [2.75, 3.05) is 13.7 Å². The van der Waals surface area contributed by atoms with Gasteiger partial charge < -0.3 is 14.8 Å². The zero-order valence-electron chi connectivity index (χ0n) is 13.2. The molecule has 3 rings (SSSR count). The summed E-state index contributed by atoms with van der Waals surface area (Å²) in [5, 5.41) is 3.08. The van der Waals surface area contributed by atoms with Gasteiger partial charge in [0, 0.05) is 0 Å². The number of fused-ring (bicyclic) bond motifs is 1. The second-order valence-electron chi connectivity index (χ2n) is 5.68. The minimum atomic E-state index is -0.0949. The van der Waals surface area contributed by atoms with Gasteiger partial charge in [0.1, 0.15) is 11.5 Å². The molecule has 0 saturated heterocycles. The molecule has 0 spiro atoms. The van der Waals surface area contributed by atoms with Gasteiger partial charge in [-0.25, -0.2) is 0 Å². The van der Waals surface area contributed by atoms with E-state index in [1.807, 2.05) is 18.2 Å². The van der Waals surface area contributed by atoms with Crippen LogP contribution in [0, 0.1) is 0 Å². The summed E-state index contributed by atoms with van der Waals surface area (Å²) >= 11 is 0. The fourth-order valence-corrected chi connectivity index (χ4v) is 2.96. The molecule has 0 heterocycles. The molecule has 23 heavy (non-hydrogen) atoms. The third-order valence-electron chi connectivity index (χ3n) is 4.13. The first-order valence-corrected chi connectivity index (χ1v) is 7.90. The number of amides is 1. The van der Waals surface area contributed by atoms with E-state index in [4.69, 9.17) is 9.47 Å². The Morgan fingerprint density at radius 1 is 1.13 bits per heavy atom. The maximum absolute atomic E-state index is 12.2. The van der Waals surface area contributed by atoms with Crippen molar-refractivity contribution in [3.63, 3.8) is 0 Å². The van der Waals surface area contributed by atoms with Gasteiger partial charge >= 0.3 is 0 Å². The molecule has 1 aliphatic carbocycles. The fourth-order valence-electron chi connectivity index (χ4n) is 2.96. The molecule has 0 bridgehead atoms. The minimum absolute atomic E-state index is 0.0188. The molecule has 0 saturated carbocycles. The van der Waals surface area contributed by atoms with Gasteiger partial charge in [-0.05, 0) is 54.7 Å². The van der Waals surface area contributed by atoms with Crippen LogP contribution in [-0.4, -0.2) is 19.6 Å². The van der Waals surface area contributed by atoms with Crippen molar-refractivity contribution in [2.45, 2.75) is 25.3 Å². The summed E-state index contributed by atoms with van der Waals surface area (Å²) in [6.45, 7) is 0.0188. The number of carbonyl (C=O) groups excluding carboxylic acids is 1. The average molecular weight is 311 g/mol. The highest BCUT2D eigenvalue weighted by Gasteiger charge is 2.21. The van der Waals surface area contributed by atoms with Crippen LogP contribution in [0.25, 0.3) is 0 Å². The summed E-state index contributed by atoms with van der Waals surface area (Å²) in [4.78, 5) is 12.2. The van der Waals surface area contributed by atoms with Crippen molar-refractivity contribution in [2.24, 2.45) is 0 Å². The van der Waals surface area contributed by atoms with E-state index in [1.165, 1.54) is 11.1 Å². The number of carbonyl (C=O) groups is 1. The Hall–Kier alpha value is -2.49. The molecule has 0 unspecified atom stereocenters.